The molecule has 2 N–H and O–H groups in total. The van der Waals surface area contributed by atoms with Crippen LogP contribution in [0.25, 0.3) is 0 Å². The lowest BCUT2D eigenvalue weighted by molar-refractivity contribution is -0.139. The average molecular weight is 435 g/mol. The standard InChI is InChI=1S/C17H17F4N3O4S/c1-3-9-8-28-15-13(29(26,27)23-9)7-24(2)14(15)16(25)22-10-4-5-12(18)11(6-10)17(19,20)21/h4-7,9,23H,3,8H2,1-2H3,(H,22,25)/t9-/m0/s1. The Kier molecular flexibility index (Phi) is 5.34. The van der Waals surface area contributed by atoms with Crippen LogP contribution in [-0.4, -0.2) is 31.5 Å². The van der Waals surface area contributed by atoms with Gasteiger partial charge in [0.15, 0.2) is 11.4 Å². The van der Waals surface area contributed by atoms with Gasteiger partial charge in [-0.2, -0.15) is 13.2 Å². The smallest absolute Gasteiger partial charge is 0.419 e. The number of halogens is 4. The number of nitrogens with zero attached hydrogens (tertiary/aromatic N) is 1. The third-order valence-electron chi connectivity index (χ3n) is 4.38. The summed E-state index contributed by atoms with van der Waals surface area (Å²) >= 11 is 0. The molecular weight excluding hydrogens is 418 g/mol. The second kappa shape index (κ2) is 7.34. The molecule has 29 heavy (non-hydrogen) atoms. The van der Waals surface area contributed by atoms with Gasteiger partial charge < -0.3 is 14.6 Å². The highest BCUT2D eigenvalue weighted by molar-refractivity contribution is 7.89. The summed E-state index contributed by atoms with van der Waals surface area (Å²) < 4.78 is 86.3. The topological polar surface area (TPSA) is 89.4 Å². The first-order valence-electron chi connectivity index (χ1n) is 8.46. The Hall–Kier alpha value is -2.60. The fourth-order valence-corrected chi connectivity index (χ4v) is 4.38. The van der Waals surface area contributed by atoms with E-state index in [1.807, 2.05) is 0 Å². The van der Waals surface area contributed by atoms with Crippen LogP contribution < -0.4 is 14.8 Å². The molecule has 1 aromatic carbocycles. The summed E-state index contributed by atoms with van der Waals surface area (Å²) in [7, 11) is -2.56. The largest absolute Gasteiger partial charge is 0.488 e. The number of aryl methyl sites for hydroxylation is 1. The summed E-state index contributed by atoms with van der Waals surface area (Å²) in [5.74, 6) is -2.58. The molecule has 1 atom stereocenters. The number of aromatic nitrogens is 1. The van der Waals surface area contributed by atoms with Gasteiger partial charge in [0.05, 0.1) is 11.6 Å². The van der Waals surface area contributed by atoms with Crippen LogP contribution in [0, 0.1) is 5.82 Å². The number of rotatable bonds is 3. The number of sulfonamides is 1. The molecule has 1 aliphatic heterocycles. The Morgan fingerprint density at radius 2 is 2.07 bits per heavy atom. The minimum Gasteiger partial charge on any atom is -0.488 e. The van der Waals surface area contributed by atoms with E-state index in [2.05, 4.69) is 10.0 Å². The number of ether oxygens (including phenoxy) is 1. The molecule has 0 spiro atoms. The van der Waals surface area contributed by atoms with Crippen molar-refractivity contribution in [3.8, 4) is 5.75 Å². The number of fused-ring (bicyclic) bond motifs is 1. The van der Waals surface area contributed by atoms with E-state index < -0.39 is 39.5 Å². The predicted octanol–water partition coefficient (Wildman–Crippen LogP) is 2.88. The molecule has 2 aromatic rings. The maximum atomic E-state index is 13.4. The molecule has 0 saturated heterocycles. The van der Waals surface area contributed by atoms with Crippen molar-refractivity contribution in [1.29, 1.82) is 0 Å². The molecule has 0 fully saturated rings. The van der Waals surface area contributed by atoms with Gasteiger partial charge in [0.25, 0.3) is 5.91 Å². The van der Waals surface area contributed by atoms with E-state index in [4.69, 9.17) is 4.74 Å². The molecule has 0 bridgehead atoms. The first-order chi connectivity index (χ1) is 13.4. The second-order valence-corrected chi connectivity index (χ2v) is 8.15. The summed E-state index contributed by atoms with van der Waals surface area (Å²) in [4.78, 5) is 12.4. The normalized spacial score (nSPS) is 18.5. The second-order valence-electron chi connectivity index (χ2n) is 6.47. The third kappa shape index (κ3) is 4.08. The molecule has 0 radical (unpaired) electrons. The van der Waals surface area contributed by atoms with Crippen molar-refractivity contribution in [2.45, 2.75) is 30.5 Å². The maximum Gasteiger partial charge on any atom is 0.419 e. The Morgan fingerprint density at radius 1 is 1.38 bits per heavy atom. The van der Waals surface area contributed by atoms with Crippen molar-refractivity contribution in [3.05, 3.63) is 41.5 Å². The van der Waals surface area contributed by atoms with Crippen LogP contribution in [0.5, 0.6) is 5.75 Å². The van der Waals surface area contributed by atoms with Gasteiger partial charge in [0.1, 0.15) is 17.3 Å². The van der Waals surface area contributed by atoms with Crippen LogP contribution in [0.4, 0.5) is 23.2 Å². The third-order valence-corrected chi connectivity index (χ3v) is 5.89. The minimum atomic E-state index is -4.94. The highest BCUT2D eigenvalue weighted by Gasteiger charge is 2.36. The van der Waals surface area contributed by atoms with E-state index in [-0.39, 0.29) is 28.6 Å². The zero-order valence-corrected chi connectivity index (χ0v) is 16.1. The number of hydrogen-bond acceptors (Lipinski definition) is 4. The summed E-state index contributed by atoms with van der Waals surface area (Å²) in [6.45, 7) is 1.73. The number of carbonyl (C=O) groups is 1. The van der Waals surface area contributed by atoms with Crippen LogP contribution in [0.2, 0.25) is 0 Å². The van der Waals surface area contributed by atoms with E-state index in [9.17, 15) is 30.8 Å². The number of alkyl halides is 3. The van der Waals surface area contributed by atoms with Gasteiger partial charge in [-0.3, -0.25) is 4.79 Å². The number of benzene rings is 1. The molecule has 158 valence electrons. The Bertz CT molecular complexity index is 1060. The Balaban J connectivity index is 1.98. The lowest BCUT2D eigenvalue weighted by Crippen LogP contribution is -2.36. The lowest BCUT2D eigenvalue weighted by atomic mass is 10.1. The minimum absolute atomic E-state index is 0.0260. The number of hydrogen-bond donors (Lipinski definition) is 2. The number of nitrogens with one attached hydrogen (secondary N) is 2. The zero-order chi connectivity index (χ0) is 21.6. The monoisotopic (exact) mass is 435 g/mol. The van der Waals surface area contributed by atoms with Crippen LogP contribution in [0.15, 0.2) is 29.3 Å². The molecular formula is C17H17F4N3O4S. The molecule has 0 saturated carbocycles. The van der Waals surface area contributed by atoms with Crippen molar-refractivity contribution < 1.29 is 35.5 Å². The van der Waals surface area contributed by atoms with Gasteiger partial charge >= 0.3 is 6.18 Å². The van der Waals surface area contributed by atoms with Gasteiger partial charge in [-0.05, 0) is 24.6 Å². The highest BCUT2D eigenvalue weighted by atomic mass is 32.2. The molecule has 7 nitrogen and oxygen atoms in total. The van der Waals surface area contributed by atoms with Gasteiger partial charge in [0, 0.05) is 18.9 Å². The predicted molar refractivity (Wildman–Crippen MR) is 94.7 cm³/mol. The number of amides is 1. The SMILES string of the molecule is CC[C@H]1COc2c(cn(C)c2C(=O)Nc2ccc(F)c(C(F)(F)F)c2)S(=O)(=O)N1. The van der Waals surface area contributed by atoms with Crippen molar-refractivity contribution in [3.63, 3.8) is 0 Å². The Labute approximate surface area is 163 Å². The van der Waals surface area contributed by atoms with Crippen molar-refractivity contribution in [2.24, 2.45) is 7.05 Å². The highest BCUT2D eigenvalue weighted by Crippen LogP contribution is 2.35. The summed E-state index contributed by atoms with van der Waals surface area (Å²) in [6, 6.07) is 1.51. The van der Waals surface area contributed by atoms with Gasteiger partial charge in [-0.15, -0.1) is 0 Å². The molecule has 1 aliphatic rings. The molecule has 12 heteroatoms. The molecule has 1 amide bonds. The fraction of sp³-hybridized carbons (Fsp3) is 0.353. The van der Waals surface area contributed by atoms with Crippen molar-refractivity contribution >= 4 is 21.6 Å². The molecule has 2 heterocycles. The molecule has 1 aromatic heterocycles. The van der Waals surface area contributed by atoms with Crippen molar-refractivity contribution in [1.82, 2.24) is 9.29 Å². The fourth-order valence-electron chi connectivity index (χ4n) is 2.88. The van der Waals surface area contributed by atoms with E-state index in [1.165, 1.54) is 17.8 Å². The summed E-state index contributed by atoms with van der Waals surface area (Å²) in [5.41, 5.74) is -2.03. The van der Waals surface area contributed by atoms with Gasteiger partial charge in [-0.1, -0.05) is 6.92 Å². The van der Waals surface area contributed by atoms with E-state index in [0.717, 1.165) is 6.07 Å². The van der Waals surface area contributed by atoms with Crippen LogP contribution >= 0.6 is 0 Å². The number of anilines is 1. The number of carbonyl (C=O) groups excluding carboxylic acids is 1. The molecule has 0 unspecified atom stereocenters. The van der Waals surface area contributed by atoms with Crippen LogP contribution in [-0.2, 0) is 23.2 Å². The summed E-state index contributed by atoms with van der Waals surface area (Å²) in [6.07, 6.45) is -3.31. The van der Waals surface area contributed by atoms with E-state index in [1.54, 1.807) is 6.92 Å². The lowest BCUT2D eigenvalue weighted by Gasteiger charge is -2.14. The molecule has 3 rings (SSSR count). The van der Waals surface area contributed by atoms with Crippen molar-refractivity contribution in [2.75, 3.05) is 11.9 Å². The van der Waals surface area contributed by atoms with Crippen LogP contribution in [0.1, 0.15) is 29.4 Å². The summed E-state index contributed by atoms with van der Waals surface area (Å²) in [5, 5.41) is 2.23. The first-order valence-corrected chi connectivity index (χ1v) is 9.95. The first kappa shape index (κ1) is 21.1. The average Bonchev–Trinajstić information content (AvgIpc) is 2.90. The quantitative estimate of drug-likeness (QED) is 0.726. The van der Waals surface area contributed by atoms with Crippen LogP contribution in [0.3, 0.4) is 0 Å². The van der Waals surface area contributed by atoms with Gasteiger partial charge in [-0.25, -0.2) is 17.5 Å². The van der Waals surface area contributed by atoms with E-state index >= 15 is 0 Å². The van der Waals surface area contributed by atoms with Gasteiger partial charge in [0.2, 0.25) is 10.0 Å². The molecule has 0 aliphatic carbocycles. The Morgan fingerprint density at radius 3 is 2.69 bits per heavy atom. The van der Waals surface area contributed by atoms with E-state index in [0.29, 0.717) is 18.6 Å². The maximum absolute atomic E-state index is 13.4. The zero-order valence-electron chi connectivity index (χ0n) is 15.3.